The summed E-state index contributed by atoms with van der Waals surface area (Å²) in [5.74, 6) is 0. The molecular formula is C22H18F2Zr. The van der Waals surface area contributed by atoms with Crippen molar-refractivity contribution in [1.29, 1.82) is 0 Å². The van der Waals surface area contributed by atoms with Gasteiger partial charge < -0.3 is 9.41 Å². The summed E-state index contributed by atoms with van der Waals surface area (Å²) in [7, 11) is 0. The zero-order valence-corrected chi connectivity index (χ0v) is 16.2. The van der Waals surface area contributed by atoms with Crippen LogP contribution in [0.2, 0.25) is 0 Å². The molecule has 0 amide bonds. The number of benzene rings is 2. The second kappa shape index (κ2) is 12.5. The molecule has 4 rings (SSSR count). The minimum absolute atomic E-state index is 0. The third kappa shape index (κ3) is 6.88. The van der Waals surface area contributed by atoms with Crippen molar-refractivity contribution in [2.75, 3.05) is 0 Å². The predicted molar refractivity (Wildman–Crippen MR) is 93.7 cm³/mol. The van der Waals surface area contributed by atoms with Crippen LogP contribution in [-0.4, -0.2) is 0 Å². The first-order valence-electron chi connectivity index (χ1n) is 7.59. The Hall–Kier alpha value is -1.86. The maximum Gasteiger partial charge on any atom is 4.00 e. The number of rotatable bonds is 2. The molecular weight excluding hydrogens is 393 g/mol. The SMILES string of the molecule is [C-]1=C(c2ccccc2)C=CC1.[C-]1=C(c2ccccc2)C=CC1.[F-].[F-].[Zr+4]. The predicted octanol–water partition coefficient (Wildman–Crippen LogP) is -0.328. The zero-order chi connectivity index (χ0) is 15.0. The summed E-state index contributed by atoms with van der Waals surface area (Å²) in [6, 6.07) is 20.7. The van der Waals surface area contributed by atoms with Gasteiger partial charge in [-0.2, -0.15) is 35.5 Å². The van der Waals surface area contributed by atoms with E-state index >= 15 is 0 Å². The first kappa shape index (κ1) is 23.1. The molecule has 2 aliphatic carbocycles. The average molecular weight is 412 g/mol. The Balaban J connectivity index is 0.000000411. The monoisotopic (exact) mass is 410 g/mol. The second-order valence-corrected chi connectivity index (χ2v) is 5.13. The Bertz CT molecular complexity index is 664. The molecule has 0 fully saturated rings. The van der Waals surface area contributed by atoms with E-state index in [-0.39, 0.29) is 35.6 Å². The largest absolute Gasteiger partial charge is 4.00 e. The van der Waals surface area contributed by atoms with Crippen LogP contribution in [-0.2, 0) is 26.2 Å². The first-order valence-corrected chi connectivity index (χ1v) is 7.59. The Morgan fingerprint density at radius 3 is 1.20 bits per heavy atom. The van der Waals surface area contributed by atoms with Gasteiger partial charge in [0.2, 0.25) is 0 Å². The fourth-order valence-electron chi connectivity index (χ4n) is 2.44. The van der Waals surface area contributed by atoms with Gasteiger partial charge in [-0.15, -0.1) is 47.5 Å². The first-order chi connectivity index (χ1) is 10.9. The molecule has 0 bridgehead atoms. The molecule has 25 heavy (non-hydrogen) atoms. The molecule has 0 unspecified atom stereocenters. The molecule has 2 aliphatic rings. The Labute approximate surface area is 167 Å². The molecule has 0 heterocycles. The van der Waals surface area contributed by atoms with Gasteiger partial charge in [-0.1, -0.05) is 49.2 Å². The van der Waals surface area contributed by atoms with Crippen LogP contribution in [0.3, 0.4) is 0 Å². The molecule has 0 N–H and O–H groups in total. The van der Waals surface area contributed by atoms with Gasteiger partial charge >= 0.3 is 26.2 Å². The fraction of sp³-hybridized carbons (Fsp3) is 0.0909. The summed E-state index contributed by atoms with van der Waals surface area (Å²) < 4.78 is 0. The van der Waals surface area contributed by atoms with Crippen LogP contribution in [0.1, 0.15) is 24.0 Å². The van der Waals surface area contributed by atoms with Crippen molar-refractivity contribution in [3.05, 3.63) is 108 Å². The van der Waals surface area contributed by atoms with E-state index in [9.17, 15) is 0 Å². The van der Waals surface area contributed by atoms with Crippen molar-refractivity contribution in [3.8, 4) is 0 Å². The molecule has 0 aliphatic heterocycles. The van der Waals surface area contributed by atoms with Gasteiger partial charge in [0.05, 0.1) is 0 Å². The summed E-state index contributed by atoms with van der Waals surface area (Å²) in [5, 5.41) is 0. The van der Waals surface area contributed by atoms with Gasteiger partial charge in [-0.05, 0) is 0 Å². The molecule has 0 radical (unpaired) electrons. The summed E-state index contributed by atoms with van der Waals surface area (Å²) >= 11 is 0. The van der Waals surface area contributed by atoms with Crippen LogP contribution >= 0.6 is 0 Å². The van der Waals surface area contributed by atoms with Gasteiger partial charge in [-0.25, -0.2) is 0 Å². The maximum absolute atomic E-state index is 3.28. The zero-order valence-electron chi connectivity index (χ0n) is 13.8. The molecule has 0 spiro atoms. The molecule has 0 saturated heterocycles. The molecule has 2 aromatic carbocycles. The van der Waals surface area contributed by atoms with Gasteiger partial charge in [0.1, 0.15) is 0 Å². The van der Waals surface area contributed by atoms with Crippen LogP contribution in [0.25, 0.3) is 11.1 Å². The number of halogens is 2. The van der Waals surface area contributed by atoms with Crippen molar-refractivity contribution in [2.45, 2.75) is 12.8 Å². The molecule has 124 valence electrons. The smallest absolute Gasteiger partial charge is 1.00 e. The van der Waals surface area contributed by atoms with Gasteiger partial charge in [0.25, 0.3) is 0 Å². The number of hydrogen-bond donors (Lipinski definition) is 0. The van der Waals surface area contributed by atoms with Gasteiger partial charge in [0.15, 0.2) is 0 Å². The van der Waals surface area contributed by atoms with Crippen LogP contribution < -0.4 is 9.41 Å². The minimum Gasteiger partial charge on any atom is -1.00 e. The fourth-order valence-corrected chi connectivity index (χ4v) is 2.44. The van der Waals surface area contributed by atoms with Crippen LogP contribution in [0.15, 0.2) is 85.0 Å². The summed E-state index contributed by atoms with van der Waals surface area (Å²) in [4.78, 5) is 0. The molecule has 3 heteroatoms. The van der Waals surface area contributed by atoms with E-state index in [0.717, 1.165) is 12.8 Å². The third-order valence-electron chi connectivity index (χ3n) is 3.56. The van der Waals surface area contributed by atoms with Gasteiger partial charge in [0, 0.05) is 0 Å². The van der Waals surface area contributed by atoms with E-state index in [1.54, 1.807) is 0 Å². The van der Waals surface area contributed by atoms with Crippen LogP contribution in [0.5, 0.6) is 0 Å². The van der Waals surface area contributed by atoms with E-state index in [1.807, 2.05) is 12.1 Å². The summed E-state index contributed by atoms with van der Waals surface area (Å²) in [6.45, 7) is 0. The van der Waals surface area contributed by atoms with E-state index in [2.05, 4.69) is 85.0 Å². The van der Waals surface area contributed by atoms with Crippen molar-refractivity contribution >= 4 is 11.1 Å². The van der Waals surface area contributed by atoms with Crippen LogP contribution in [0, 0.1) is 12.2 Å². The normalized spacial score (nSPS) is 13.3. The Morgan fingerprint density at radius 1 is 0.560 bits per heavy atom. The van der Waals surface area contributed by atoms with E-state index < -0.39 is 0 Å². The molecule has 2 aromatic rings. The molecule has 0 aromatic heterocycles. The summed E-state index contributed by atoms with van der Waals surface area (Å²) in [5.41, 5.74) is 4.98. The van der Waals surface area contributed by atoms with Crippen molar-refractivity contribution in [1.82, 2.24) is 0 Å². The quantitative estimate of drug-likeness (QED) is 0.594. The standard InChI is InChI=1S/2C11H9.2FH.Zr/c2*1-2-6-10(7-3-1)11-8-4-5-9-11;;;/h2*1-4,6-8H,5H2;2*1H;/q2*-1;;;+4/p-2. The second-order valence-electron chi connectivity index (χ2n) is 5.13. The minimum atomic E-state index is 0. The molecule has 0 atom stereocenters. The van der Waals surface area contributed by atoms with E-state index in [4.69, 9.17) is 0 Å². The maximum atomic E-state index is 3.28. The van der Waals surface area contributed by atoms with Crippen molar-refractivity contribution in [2.24, 2.45) is 0 Å². The third-order valence-corrected chi connectivity index (χ3v) is 3.56. The average Bonchev–Trinajstić information content (AvgIpc) is 3.31. The molecule has 0 saturated carbocycles. The number of hydrogen-bond acceptors (Lipinski definition) is 0. The van der Waals surface area contributed by atoms with Crippen molar-refractivity contribution < 1.29 is 35.6 Å². The van der Waals surface area contributed by atoms with E-state index in [0.29, 0.717) is 0 Å². The van der Waals surface area contributed by atoms with Gasteiger partial charge in [-0.3, -0.25) is 0 Å². The summed E-state index contributed by atoms with van der Waals surface area (Å²) in [6.07, 6.45) is 17.0. The Kier molecular flexibility index (Phi) is 11.6. The molecule has 0 nitrogen and oxygen atoms in total. The van der Waals surface area contributed by atoms with E-state index in [1.165, 1.54) is 22.3 Å². The Morgan fingerprint density at radius 2 is 0.920 bits per heavy atom. The topological polar surface area (TPSA) is 0 Å². The van der Waals surface area contributed by atoms with Crippen LogP contribution in [0.4, 0.5) is 0 Å². The van der Waals surface area contributed by atoms with Crippen molar-refractivity contribution in [3.63, 3.8) is 0 Å². The number of allylic oxidation sites excluding steroid dienone is 8.